The van der Waals surface area contributed by atoms with Crippen molar-refractivity contribution in [1.82, 2.24) is 15.5 Å². The minimum Gasteiger partial charge on any atom is -0.431 e. The number of rotatable bonds is 5. The van der Waals surface area contributed by atoms with Gasteiger partial charge >= 0.3 is 6.01 Å². The fraction of sp³-hybridized carbons (Fsp3) is 0.125. The summed E-state index contributed by atoms with van der Waals surface area (Å²) >= 11 is 0. The lowest BCUT2D eigenvalue weighted by Gasteiger charge is -2.03. The molecule has 1 aromatic carbocycles. The molecule has 0 fully saturated rings. The number of hydrogen-bond donors (Lipinski definition) is 2. The van der Waals surface area contributed by atoms with Crippen LogP contribution in [-0.2, 0) is 6.54 Å². The molecular weight excluding hydrogens is 331 g/mol. The topological polar surface area (TPSA) is 110 Å². The molecule has 25 heavy (non-hydrogen) atoms. The van der Waals surface area contributed by atoms with Crippen LogP contribution in [0.15, 0.2) is 45.5 Å². The Balaban J connectivity index is 1.60. The average Bonchev–Trinajstić information content (AvgIpc) is 3.23. The van der Waals surface area contributed by atoms with Crippen molar-refractivity contribution in [2.75, 3.05) is 5.32 Å². The maximum Gasteiger partial charge on any atom is 0.302 e. The maximum atomic E-state index is 13.5. The molecule has 0 atom stereocenters. The molecule has 0 aliphatic rings. The zero-order chi connectivity index (χ0) is 17.8. The van der Waals surface area contributed by atoms with Gasteiger partial charge in [0.05, 0.1) is 0 Å². The molecule has 2 aromatic heterocycles. The number of hydrogen-bond acceptors (Lipinski definition) is 6. The Kier molecular flexibility index (Phi) is 4.55. The van der Waals surface area contributed by atoms with E-state index in [4.69, 9.17) is 8.94 Å². The van der Waals surface area contributed by atoms with Crippen LogP contribution in [-0.4, -0.2) is 22.0 Å². The SMILES string of the molecule is Cc1cc(C(=O)Nc2nc(C(=O)NCc3ccccc3F)co2)no1. The van der Waals surface area contributed by atoms with Crippen molar-refractivity contribution in [1.29, 1.82) is 0 Å². The third-order valence-electron chi connectivity index (χ3n) is 3.22. The van der Waals surface area contributed by atoms with E-state index in [-0.39, 0.29) is 23.9 Å². The van der Waals surface area contributed by atoms with E-state index >= 15 is 0 Å². The van der Waals surface area contributed by atoms with Gasteiger partial charge in [0.2, 0.25) is 0 Å². The summed E-state index contributed by atoms with van der Waals surface area (Å²) in [6.45, 7) is 1.64. The molecule has 128 valence electrons. The van der Waals surface area contributed by atoms with E-state index in [9.17, 15) is 14.0 Å². The molecule has 0 saturated heterocycles. The number of amides is 2. The monoisotopic (exact) mass is 344 g/mol. The van der Waals surface area contributed by atoms with Gasteiger partial charge in [0.25, 0.3) is 11.8 Å². The first-order chi connectivity index (χ1) is 12.0. The summed E-state index contributed by atoms with van der Waals surface area (Å²) in [4.78, 5) is 27.7. The predicted molar refractivity (Wildman–Crippen MR) is 83.3 cm³/mol. The molecule has 8 nitrogen and oxygen atoms in total. The highest BCUT2D eigenvalue weighted by Crippen LogP contribution is 2.11. The number of aromatic nitrogens is 2. The molecule has 0 radical (unpaired) electrons. The van der Waals surface area contributed by atoms with Gasteiger partial charge < -0.3 is 14.3 Å². The zero-order valence-electron chi connectivity index (χ0n) is 13.1. The Morgan fingerprint density at radius 2 is 2.00 bits per heavy atom. The molecule has 3 rings (SSSR count). The van der Waals surface area contributed by atoms with Gasteiger partial charge in [-0.15, -0.1) is 0 Å². The molecule has 0 bridgehead atoms. The number of aryl methyl sites for hydroxylation is 1. The lowest BCUT2D eigenvalue weighted by atomic mass is 10.2. The molecule has 0 spiro atoms. The molecule has 3 aromatic rings. The van der Waals surface area contributed by atoms with Crippen LogP contribution >= 0.6 is 0 Å². The minimum absolute atomic E-state index is 0.00171. The van der Waals surface area contributed by atoms with Crippen molar-refractivity contribution in [3.05, 3.63) is 65.1 Å². The normalized spacial score (nSPS) is 10.5. The largest absolute Gasteiger partial charge is 0.431 e. The quantitative estimate of drug-likeness (QED) is 0.735. The molecular formula is C16H13FN4O4. The van der Waals surface area contributed by atoms with E-state index in [1.165, 1.54) is 12.1 Å². The molecule has 0 aliphatic heterocycles. The third-order valence-corrected chi connectivity index (χ3v) is 3.22. The second-order valence-corrected chi connectivity index (χ2v) is 5.09. The fourth-order valence-corrected chi connectivity index (χ4v) is 1.98. The summed E-state index contributed by atoms with van der Waals surface area (Å²) < 4.78 is 23.3. The average molecular weight is 344 g/mol. The van der Waals surface area contributed by atoms with Crippen molar-refractivity contribution in [2.24, 2.45) is 0 Å². The molecule has 0 unspecified atom stereocenters. The summed E-state index contributed by atoms with van der Waals surface area (Å²) in [5.74, 6) is -1.09. The van der Waals surface area contributed by atoms with E-state index in [2.05, 4.69) is 20.8 Å². The van der Waals surface area contributed by atoms with Crippen LogP contribution in [0.25, 0.3) is 0 Å². The van der Waals surface area contributed by atoms with Crippen LogP contribution in [0.1, 0.15) is 32.3 Å². The Hall–Kier alpha value is -3.49. The summed E-state index contributed by atoms with van der Waals surface area (Å²) in [5.41, 5.74) is 0.346. The maximum absolute atomic E-state index is 13.5. The zero-order valence-corrected chi connectivity index (χ0v) is 13.1. The number of carbonyl (C=O) groups is 2. The van der Waals surface area contributed by atoms with E-state index in [0.29, 0.717) is 11.3 Å². The Labute approximate surface area is 141 Å². The second kappa shape index (κ2) is 6.95. The van der Waals surface area contributed by atoms with E-state index < -0.39 is 17.6 Å². The predicted octanol–water partition coefficient (Wildman–Crippen LogP) is 2.29. The van der Waals surface area contributed by atoms with Crippen molar-refractivity contribution in [2.45, 2.75) is 13.5 Å². The summed E-state index contributed by atoms with van der Waals surface area (Å²) in [6, 6.07) is 7.37. The molecule has 2 N–H and O–H groups in total. The molecule has 2 heterocycles. The number of oxazole rings is 1. The van der Waals surface area contributed by atoms with Crippen LogP contribution in [0.3, 0.4) is 0 Å². The van der Waals surface area contributed by atoms with E-state index in [1.54, 1.807) is 25.1 Å². The van der Waals surface area contributed by atoms with Gasteiger partial charge in [0.15, 0.2) is 11.4 Å². The lowest BCUT2D eigenvalue weighted by molar-refractivity contribution is 0.0944. The van der Waals surface area contributed by atoms with Crippen LogP contribution in [0.4, 0.5) is 10.4 Å². The highest BCUT2D eigenvalue weighted by molar-refractivity contribution is 6.02. The number of anilines is 1. The standard InChI is InChI=1S/C16H13FN4O4/c1-9-6-12(21-25-9)15(23)20-16-19-13(8-24-16)14(22)18-7-10-4-2-3-5-11(10)17/h2-6,8H,7H2,1H3,(H,18,22)(H,19,20,23). The summed E-state index contributed by atoms with van der Waals surface area (Å²) in [7, 11) is 0. The first-order valence-corrected chi connectivity index (χ1v) is 7.25. The summed E-state index contributed by atoms with van der Waals surface area (Å²) in [5, 5.41) is 8.42. The van der Waals surface area contributed by atoms with Crippen molar-refractivity contribution >= 4 is 17.8 Å². The first-order valence-electron chi connectivity index (χ1n) is 7.25. The summed E-state index contributed by atoms with van der Waals surface area (Å²) in [6.07, 6.45) is 1.08. The Morgan fingerprint density at radius 3 is 2.72 bits per heavy atom. The first kappa shape index (κ1) is 16.4. The van der Waals surface area contributed by atoms with Gasteiger partial charge in [-0.1, -0.05) is 23.4 Å². The van der Waals surface area contributed by atoms with Crippen LogP contribution in [0, 0.1) is 12.7 Å². The van der Waals surface area contributed by atoms with Gasteiger partial charge in [0, 0.05) is 18.2 Å². The van der Waals surface area contributed by atoms with E-state index in [0.717, 1.165) is 6.26 Å². The number of halogens is 1. The minimum atomic E-state index is -0.586. The Morgan fingerprint density at radius 1 is 1.20 bits per heavy atom. The van der Waals surface area contributed by atoms with Crippen LogP contribution in [0.5, 0.6) is 0 Å². The molecule has 9 heteroatoms. The van der Waals surface area contributed by atoms with E-state index in [1.807, 2.05) is 0 Å². The van der Waals surface area contributed by atoms with Gasteiger partial charge in [-0.2, -0.15) is 4.98 Å². The number of nitrogens with zero attached hydrogens (tertiary/aromatic N) is 2. The lowest BCUT2D eigenvalue weighted by Crippen LogP contribution is -2.23. The van der Waals surface area contributed by atoms with Gasteiger partial charge in [-0.05, 0) is 13.0 Å². The van der Waals surface area contributed by atoms with Crippen molar-refractivity contribution in [3.63, 3.8) is 0 Å². The van der Waals surface area contributed by atoms with Crippen molar-refractivity contribution in [3.8, 4) is 0 Å². The molecule has 0 saturated carbocycles. The Bertz CT molecular complexity index is 918. The van der Waals surface area contributed by atoms with Gasteiger partial charge in [0.1, 0.15) is 17.8 Å². The molecule has 0 aliphatic carbocycles. The number of nitrogens with one attached hydrogen (secondary N) is 2. The fourth-order valence-electron chi connectivity index (χ4n) is 1.98. The van der Waals surface area contributed by atoms with Crippen molar-refractivity contribution < 1.29 is 22.9 Å². The van der Waals surface area contributed by atoms with Crippen LogP contribution < -0.4 is 10.6 Å². The van der Waals surface area contributed by atoms with Crippen LogP contribution in [0.2, 0.25) is 0 Å². The van der Waals surface area contributed by atoms with Gasteiger partial charge in [-0.3, -0.25) is 14.9 Å². The second-order valence-electron chi connectivity index (χ2n) is 5.09. The molecule has 2 amide bonds. The highest BCUT2D eigenvalue weighted by Gasteiger charge is 2.17. The number of carbonyl (C=O) groups excluding carboxylic acids is 2. The van der Waals surface area contributed by atoms with Gasteiger partial charge in [-0.25, -0.2) is 4.39 Å². The number of benzene rings is 1. The third kappa shape index (κ3) is 3.89. The highest BCUT2D eigenvalue weighted by atomic mass is 19.1. The smallest absolute Gasteiger partial charge is 0.302 e.